The number of thiocyanates is 1. The number of benzene rings is 1. The van der Waals surface area contributed by atoms with Gasteiger partial charge in [-0.25, -0.2) is 0 Å². The zero-order chi connectivity index (χ0) is 10.6. The Kier molecular flexibility index (Phi) is 3.84. The molecule has 0 fully saturated rings. The van der Waals surface area contributed by atoms with Crippen molar-refractivity contribution < 1.29 is 0 Å². The third-order valence-electron chi connectivity index (χ3n) is 1.84. The van der Waals surface area contributed by atoms with Crippen LogP contribution in [0.3, 0.4) is 0 Å². The summed E-state index contributed by atoms with van der Waals surface area (Å²) in [7, 11) is 0. The van der Waals surface area contributed by atoms with Crippen LogP contribution in [0.15, 0.2) is 22.0 Å². The van der Waals surface area contributed by atoms with E-state index in [1.807, 2.05) is 31.4 Å². The summed E-state index contributed by atoms with van der Waals surface area (Å²) in [5, 5.41) is 13.0. The van der Waals surface area contributed by atoms with E-state index in [1.165, 1.54) is 0 Å². The van der Waals surface area contributed by atoms with Gasteiger partial charge >= 0.3 is 0 Å². The summed E-state index contributed by atoms with van der Waals surface area (Å²) in [4.78, 5) is 4.84. The van der Waals surface area contributed by atoms with E-state index in [9.17, 15) is 0 Å². The fourth-order valence-electron chi connectivity index (χ4n) is 1.13. The molecule has 0 N–H and O–H groups in total. The maximum atomic E-state index is 8.65. The van der Waals surface area contributed by atoms with Crippen molar-refractivity contribution in [3.8, 4) is 5.40 Å². The highest BCUT2D eigenvalue weighted by Gasteiger charge is 2.08. The van der Waals surface area contributed by atoms with Crippen LogP contribution >= 0.6 is 24.0 Å². The minimum Gasteiger partial charge on any atom is -0.193 e. The molecule has 2 nitrogen and oxygen atoms in total. The van der Waals surface area contributed by atoms with E-state index in [1.54, 1.807) is 0 Å². The first kappa shape index (κ1) is 10.9. The molecule has 0 saturated carbocycles. The Morgan fingerprint density at radius 1 is 1.36 bits per heavy atom. The maximum Gasteiger partial charge on any atom is 0.138 e. The number of hydrogen-bond donors (Lipinski definition) is 0. The first-order chi connectivity index (χ1) is 6.70. The SMILES string of the molecule is Cc1ccc(C)c(SC#N)c1N=C=S. The third kappa shape index (κ3) is 2.21. The molecule has 0 aliphatic carbocycles. The van der Waals surface area contributed by atoms with Gasteiger partial charge in [-0.3, -0.25) is 0 Å². The van der Waals surface area contributed by atoms with Crippen molar-refractivity contribution in [1.82, 2.24) is 0 Å². The van der Waals surface area contributed by atoms with Crippen LogP contribution in [-0.4, -0.2) is 5.16 Å². The Balaban J connectivity index is 3.42. The van der Waals surface area contributed by atoms with Crippen molar-refractivity contribution in [2.45, 2.75) is 18.7 Å². The number of aryl methyl sites for hydroxylation is 2. The van der Waals surface area contributed by atoms with E-state index >= 15 is 0 Å². The second-order valence-electron chi connectivity index (χ2n) is 2.77. The van der Waals surface area contributed by atoms with Gasteiger partial charge < -0.3 is 0 Å². The number of isothiocyanates is 1. The predicted molar refractivity (Wildman–Crippen MR) is 62.1 cm³/mol. The normalized spacial score (nSPS) is 8.93. The van der Waals surface area contributed by atoms with E-state index in [2.05, 4.69) is 22.4 Å². The molecule has 0 aliphatic rings. The first-order valence-corrected chi connectivity index (χ1v) is 5.17. The molecule has 0 atom stereocenters. The number of nitriles is 1. The average molecular weight is 220 g/mol. The molecule has 14 heavy (non-hydrogen) atoms. The Hall–Kier alpha value is -1.14. The van der Waals surface area contributed by atoms with Gasteiger partial charge in [-0.15, -0.1) is 0 Å². The van der Waals surface area contributed by atoms with Crippen molar-refractivity contribution >= 4 is 34.8 Å². The lowest BCUT2D eigenvalue weighted by atomic mass is 10.1. The van der Waals surface area contributed by atoms with E-state index < -0.39 is 0 Å². The lowest BCUT2D eigenvalue weighted by Gasteiger charge is -2.06. The lowest BCUT2D eigenvalue weighted by molar-refractivity contribution is 1.24. The van der Waals surface area contributed by atoms with Gasteiger partial charge in [0.25, 0.3) is 0 Å². The number of thioether (sulfide) groups is 1. The van der Waals surface area contributed by atoms with Gasteiger partial charge in [0.2, 0.25) is 0 Å². The molecular weight excluding hydrogens is 212 g/mol. The molecule has 70 valence electrons. The van der Waals surface area contributed by atoms with Crippen LogP contribution in [0.4, 0.5) is 5.69 Å². The number of aliphatic imine (C=N–C) groups is 1. The van der Waals surface area contributed by atoms with Gasteiger partial charge in [0.05, 0.1) is 15.7 Å². The van der Waals surface area contributed by atoms with Crippen molar-refractivity contribution in [1.29, 1.82) is 5.26 Å². The summed E-state index contributed by atoms with van der Waals surface area (Å²) >= 11 is 5.68. The molecule has 4 heteroatoms. The highest BCUT2D eigenvalue weighted by molar-refractivity contribution is 8.04. The Labute approximate surface area is 92.7 Å². The van der Waals surface area contributed by atoms with Crippen LogP contribution in [-0.2, 0) is 0 Å². The van der Waals surface area contributed by atoms with Crippen molar-refractivity contribution in [3.05, 3.63) is 23.3 Å². The summed E-state index contributed by atoms with van der Waals surface area (Å²) < 4.78 is 0. The number of nitrogens with zero attached hydrogens (tertiary/aromatic N) is 2. The minimum absolute atomic E-state index is 0.756. The summed E-state index contributed by atoms with van der Waals surface area (Å²) in [6.45, 7) is 3.88. The molecule has 1 rings (SSSR count). The molecule has 0 heterocycles. The Morgan fingerprint density at radius 2 is 2.00 bits per heavy atom. The Bertz CT molecular complexity index is 440. The van der Waals surface area contributed by atoms with Gasteiger partial charge in [-0.1, -0.05) is 12.1 Å². The second-order valence-corrected chi connectivity index (χ2v) is 3.75. The molecule has 0 radical (unpaired) electrons. The van der Waals surface area contributed by atoms with Crippen LogP contribution in [0.5, 0.6) is 0 Å². The van der Waals surface area contributed by atoms with Gasteiger partial charge in [-0.2, -0.15) is 10.3 Å². The van der Waals surface area contributed by atoms with E-state index in [0.29, 0.717) is 0 Å². The molecule has 0 aliphatic heterocycles. The highest BCUT2D eigenvalue weighted by Crippen LogP contribution is 2.34. The van der Waals surface area contributed by atoms with Crippen molar-refractivity contribution in [2.75, 3.05) is 0 Å². The highest BCUT2D eigenvalue weighted by atomic mass is 32.2. The number of hydrogen-bond acceptors (Lipinski definition) is 4. The standard InChI is InChI=1S/C10H8N2S2/c1-7-3-4-8(2)10(14-5-11)9(7)12-6-13/h3-4H,1-2H3. The molecule has 0 saturated heterocycles. The largest absolute Gasteiger partial charge is 0.193 e. The van der Waals surface area contributed by atoms with Crippen LogP contribution in [0, 0.1) is 24.5 Å². The van der Waals surface area contributed by atoms with Crippen molar-refractivity contribution in [3.63, 3.8) is 0 Å². The molecule has 1 aromatic rings. The summed E-state index contributed by atoms with van der Waals surface area (Å²) in [5.41, 5.74) is 2.79. The van der Waals surface area contributed by atoms with E-state index in [0.717, 1.165) is 33.5 Å². The number of thiocarbonyl (C=S) groups is 1. The van der Waals surface area contributed by atoms with Gasteiger partial charge in [-0.05, 0) is 49.0 Å². The summed E-state index contributed by atoms with van der Waals surface area (Å²) in [6, 6.07) is 3.93. The average Bonchev–Trinajstić information content (AvgIpc) is 2.17. The van der Waals surface area contributed by atoms with Crippen LogP contribution in [0.1, 0.15) is 11.1 Å². The maximum absolute atomic E-state index is 8.65. The molecule has 0 aromatic heterocycles. The van der Waals surface area contributed by atoms with E-state index in [-0.39, 0.29) is 0 Å². The zero-order valence-electron chi connectivity index (χ0n) is 7.87. The Morgan fingerprint density at radius 3 is 2.57 bits per heavy atom. The van der Waals surface area contributed by atoms with Crippen LogP contribution in [0.2, 0.25) is 0 Å². The smallest absolute Gasteiger partial charge is 0.138 e. The molecule has 0 spiro atoms. The molecule has 0 amide bonds. The predicted octanol–water partition coefficient (Wildman–Crippen LogP) is 3.61. The minimum atomic E-state index is 0.756. The fourth-order valence-corrected chi connectivity index (χ4v) is 1.84. The van der Waals surface area contributed by atoms with Crippen molar-refractivity contribution in [2.24, 2.45) is 4.99 Å². The number of rotatable bonds is 2. The van der Waals surface area contributed by atoms with Gasteiger partial charge in [0, 0.05) is 0 Å². The molecule has 1 aromatic carbocycles. The molecular formula is C10H8N2S2. The monoisotopic (exact) mass is 220 g/mol. The second kappa shape index (κ2) is 4.92. The molecule has 0 bridgehead atoms. The first-order valence-electron chi connectivity index (χ1n) is 3.94. The summed E-state index contributed by atoms with van der Waals surface area (Å²) in [5.74, 6) is 0. The zero-order valence-corrected chi connectivity index (χ0v) is 9.50. The molecule has 0 unspecified atom stereocenters. The van der Waals surface area contributed by atoms with Gasteiger partial charge in [0.15, 0.2) is 0 Å². The third-order valence-corrected chi connectivity index (χ3v) is 2.74. The van der Waals surface area contributed by atoms with Gasteiger partial charge in [0.1, 0.15) is 5.40 Å². The van der Waals surface area contributed by atoms with E-state index in [4.69, 9.17) is 5.26 Å². The quantitative estimate of drug-likeness (QED) is 0.330. The summed E-state index contributed by atoms with van der Waals surface area (Å²) in [6.07, 6.45) is 0. The van der Waals surface area contributed by atoms with Crippen LogP contribution in [0.25, 0.3) is 0 Å². The topological polar surface area (TPSA) is 36.1 Å². The van der Waals surface area contributed by atoms with Crippen LogP contribution < -0.4 is 0 Å². The lowest BCUT2D eigenvalue weighted by Crippen LogP contribution is -1.83. The fraction of sp³-hybridized carbons (Fsp3) is 0.200.